The summed E-state index contributed by atoms with van der Waals surface area (Å²) >= 11 is 6.26. The Hall–Kier alpha value is -2.72. The topological polar surface area (TPSA) is 47.6 Å². The first kappa shape index (κ1) is 20.2. The molecule has 1 heterocycles. The zero-order valence-corrected chi connectivity index (χ0v) is 18.5. The summed E-state index contributed by atoms with van der Waals surface area (Å²) in [7, 11) is 1.66. The lowest BCUT2D eigenvalue weighted by Crippen LogP contribution is -2.50. The summed E-state index contributed by atoms with van der Waals surface area (Å²) in [5.41, 5.74) is 1.81. The van der Waals surface area contributed by atoms with Crippen LogP contribution >= 0.6 is 11.6 Å². The summed E-state index contributed by atoms with van der Waals surface area (Å²) in [6.45, 7) is 1.96. The van der Waals surface area contributed by atoms with Crippen LogP contribution in [0.2, 0.25) is 5.02 Å². The summed E-state index contributed by atoms with van der Waals surface area (Å²) < 4.78 is 11.6. The number of nitrogens with one attached hydrogen (secondary N) is 1. The van der Waals surface area contributed by atoms with Gasteiger partial charge < -0.3 is 14.8 Å². The highest BCUT2D eigenvalue weighted by Gasteiger charge is 2.46. The van der Waals surface area contributed by atoms with E-state index in [4.69, 9.17) is 21.1 Å². The van der Waals surface area contributed by atoms with Crippen LogP contribution in [0.15, 0.2) is 54.6 Å². The van der Waals surface area contributed by atoms with Crippen molar-refractivity contribution in [3.8, 4) is 11.5 Å². The molecular weight excluding hydrogens is 410 g/mol. The Bertz CT molecular complexity index is 1150. The largest absolute Gasteiger partial charge is 0.497 e. The first-order valence-electron chi connectivity index (χ1n) is 10.8. The molecule has 0 bridgehead atoms. The van der Waals surface area contributed by atoms with E-state index in [-0.39, 0.29) is 23.5 Å². The van der Waals surface area contributed by atoms with E-state index in [2.05, 4.69) is 11.4 Å². The molecule has 2 aliphatic rings. The lowest BCUT2D eigenvalue weighted by atomic mass is 9.73. The van der Waals surface area contributed by atoms with E-state index in [0.717, 1.165) is 52.7 Å². The Labute approximate surface area is 187 Å². The molecule has 5 rings (SSSR count). The van der Waals surface area contributed by atoms with E-state index < -0.39 is 0 Å². The molecule has 160 valence electrons. The monoisotopic (exact) mass is 435 g/mol. The maximum Gasteiger partial charge on any atom is 0.227 e. The number of fused-ring (bicyclic) bond motifs is 2. The van der Waals surface area contributed by atoms with Crippen LogP contribution in [0.25, 0.3) is 10.8 Å². The molecule has 1 unspecified atom stereocenters. The molecule has 1 aliphatic carbocycles. The second-order valence-electron chi connectivity index (χ2n) is 8.78. The van der Waals surface area contributed by atoms with E-state index in [1.807, 2.05) is 55.5 Å². The van der Waals surface area contributed by atoms with Crippen molar-refractivity contribution < 1.29 is 14.3 Å². The molecule has 1 saturated carbocycles. The maximum atomic E-state index is 13.3. The molecule has 1 fully saturated rings. The Balaban J connectivity index is 1.39. The Kier molecular flexibility index (Phi) is 5.05. The molecule has 5 heteroatoms. The van der Waals surface area contributed by atoms with Gasteiger partial charge in [0.25, 0.3) is 0 Å². The molecule has 0 radical (unpaired) electrons. The number of hydrogen-bond donors (Lipinski definition) is 1. The van der Waals surface area contributed by atoms with Crippen LogP contribution in [-0.2, 0) is 4.79 Å². The van der Waals surface area contributed by atoms with Gasteiger partial charge in [0.15, 0.2) is 0 Å². The smallest absolute Gasteiger partial charge is 0.227 e. The number of carbonyl (C=O) groups excluding carboxylic acids is 1. The van der Waals surface area contributed by atoms with Gasteiger partial charge in [0.1, 0.15) is 17.1 Å². The molecule has 4 nitrogen and oxygen atoms in total. The lowest BCUT2D eigenvalue weighted by molar-refractivity contribution is -0.124. The van der Waals surface area contributed by atoms with E-state index in [0.29, 0.717) is 5.02 Å². The van der Waals surface area contributed by atoms with Crippen molar-refractivity contribution in [3.05, 3.63) is 70.7 Å². The van der Waals surface area contributed by atoms with Gasteiger partial charge in [-0.2, -0.15) is 0 Å². The first-order chi connectivity index (χ1) is 15.0. The number of hydrogen-bond acceptors (Lipinski definition) is 3. The molecule has 1 aliphatic heterocycles. The van der Waals surface area contributed by atoms with Gasteiger partial charge in [-0.05, 0) is 72.9 Å². The van der Waals surface area contributed by atoms with Gasteiger partial charge in [-0.15, -0.1) is 0 Å². The second-order valence-corrected chi connectivity index (χ2v) is 9.22. The molecule has 3 aromatic rings. The Morgan fingerprint density at radius 3 is 2.65 bits per heavy atom. The third-order valence-electron chi connectivity index (χ3n) is 6.80. The fourth-order valence-electron chi connectivity index (χ4n) is 4.73. The van der Waals surface area contributed by atoms with Crippen LogP contribution in [0, 0.1) is 0 Å². The summed E-state index contributed by atoms with van der Waals surface area (Å²) in [4.78, 5) is 13.3. The SMILES string of the molecule is COc1ccc2cc(C(C)C(=O)N[C@H]3CC4(CCC4)Oc4ccc(Cl)cc43)ccc2c1. The number of ether oxygens (including phenoxy) is 2. The van der Waals surface area contributed by atoms with Gasteiger partial charge in [0.2, 0.25) is 5.91 Å². The molecule has 2 atom stereocenters. The van der Waals surface area contributed by atoms with Crippen molar-refractivity contribution in [1.82, 2.24) is 5.32 Å². The maximum absolute atomic E-state index is 13.3. The first-order valence-corrected chi connectivity index (χ1v) is 11.2. The van der Waals surface area contributed by atoms with Crippen molar-refractivity contribution in [2.75, 3.05) is 7.11 Å². The minimum Gasteiger partial charge on any atom is -0.497 e. The quantitative estimate of drug-likeness (QED) is 0.533. The zero-order chi connectivity index (χ0) is 21.6. The van der Waals surface area contributed by atoms with Crippen LogP contribution < -0.4 is 14.8 Å². The molecule has 1 N–H and O–H groups in total. The van der Waals surface area contributed by atoms with E-state index in [1.165, 1.54) is 6.42 Å². The summed E-state index contributed by atoms with van der Waals surface area (Å²) in [5, 5.41) is 6.13. The van der Waals surface area contributed by atoms with Crippen LogP contribution in [-0.4, -0.2) is 18.6 Å². The van der Waals surface area contributed by atoms with Gasteiger partial charge in [0.05, 0.1) is 19.1 Å². The molecule has 1 amide bonds. The zero-order valence-electron chi connectivity index (χ0n) is 17.8. The highest BCUT2D eigenvalue weighted by atomic mass is 35.5. The van der Waals surface area contributed by atoms with Gasteiger partial charge in [-0.1, -0.05) is 35.9 Å². The molecule has 31 heavy (non-hydrogen) atoms. The van der Waals surface area contributed by atoms with Crippen molar-refractivity contribution in [1.29, 1.82) is 0 Å². The summed E-state index contributed by atoms with van der Waals surface area (Å²) in [6.07, 6.45) is 4.02. The van der Waals surface area contributed by atoms with Crippen LogP contribution in [0.4, 0.5) is 0 Å². The van der Waals surface area contributed by atoms with Crippen molar-refractivity contribution in [2.24, 2.45) is 0 Å². The third kappa shape index (κ3) is 3.74. The fraction of sp³-hybridized carbons (Fsp3) is 0.346. The molecule has 1 spiro atoms. The Morgan fingerprint density at radius 2 is 1.90 bits per heavy atom. The number of benzene rings is 3. The number of rotatable bonds is 4. The van der Waals surface area contributed by atoms with E-state index >= 15 is 0 Å². The van der Waals surface area contributed by atoms with Gasteiger partial charge in [0, 0.05) is 17.0 Å². The van der Waals surface area contributed by atoms with Crippen molar-refractivity contribution in [2.45, 2.75) is 50.2 Å². The van der Waals surface area contributed by atoms with Crippen LogP contribution in [0.3, 0.4) is 0 Å². The van der Waals surface area contributed by atoms with E-state index in [1.54, 1.807) is 7.11 Å². The predicted molar refractivity (Wildman–Crippen MR) is 123 cm³/mol. The van der Waals surface area contributed by atoms with Crippen LogP contribution in [0.1, 0.15) is 55.7 Å². The number of methoxy groups -OCH3 is 1. The van der Waals surface area contributed by atoms with E-state index in [9.17, 15) is 4.79 Å². The number of halogens is 1. The fourth-order valence-corrected chi connectivity index (χ4v) is 4.91. The van der Waals surface area contributed by atoms with Gasteiger partial charge in [-0.3, -0.25) is 4.79 Å². The summed E-state index contributed by atoms with van der Waals surface area (Å²) in [6, 6.07) is 17.7. The second kappa shape index (κ2) is 7.76. The standard InChI is InChI=1S/C26H26ClNO3/c1-16(17-4-5-19-13-21(30-2)8-6-18(19)12-17)25(29)28-23-15-26(10-3-11-26)31-24-9-7-20(27)14-22(23)24/h4-9,12-14,16,23H,3,10-11,15H2,1-2H3,(H,28,29)/t16?,23-/m0/s1. The van der Waals surface area contributed by atoms with Gasteiger partial charge in [-0.25, -0.2) is 0 Å². The minimum atomic E-state index is -0.269. The average Bonchev–Trinajstić information content (AvgIpc) is 2.76. The number of carbonyl (C=O) groups is 1. The van der Waals surface area contributed by atoms with Gasteiger partial charge >= 0.3 is 0 Å². The van der Waals surface area contributed by atoms with Crippen LogP contribution in [0.5, 0.6) is 11.5 Å². The lowest BCUT2D eigenvalue weighted by Gasteiger charge is -2.48. The minimum absolute atomic E-state index is 0.0140. The highest BCUT2D eigenvalue weighted by molar-refractivity contribution is 6.30. The normalized spacial score (nSPS) is 19.8. The predicted octanol–water partition coefficient (Wildman–Crippen LogP) is 6.17. The molecular formula is C26H26ClNO3. The van der Waals surface area contributed by atoms with Crippen molar-refractivity contribution in [3.63, 3.8) is 0 Å². The summed E-state index contributed by atoms with van der Waals surface area (Å²) in [5.74, 6) is 1.41. The number of amides is 1. The average molecular weight is 436 g/mol. The molecule has 3 aromatic carbocycles. The molecule has 0 aromatic heterocycles. The highest BCUT2D eigenvalue weighted by Crippen LogP contribution is 2.49. The van der Waals surface area contributed by atoms with Crippen molar-refractivity contribution >= 4 is 28.3 Å². The third-order valence-corrected chi connectivity index (χ3v) is 7.03. The molecule has 0 saturated heterocycles. The Morgan fingerprint density at radius 1 is 1.13 bits per heavy atom.